The Morgan fingerprint density at radius 2 is 2.15 bits per heavy atom. The van der Waals surface area contributed by atoms with Gasteiger partial charge >= 0.3 is 0 Å². The van der Waals surface area contributed by atoms with Gasteiger partial charge in [-0.15, -0.1) is 24.0 Å². The zero-order valence-corrected chi connectivity index (χ0v) is 14.8. The normalized spacial score (nSPS) is 16.4. The first-order valence-electron chi connectivity index (χ1n) is 7.03. The lowest BCUT2D eigenvalue weighted by Crippen LogP contribution is -2.39. The van der Waals surface area contributed by atoms with Crippen LogP contribution in [0.3, 0.4) is 0 Å². The highest BCUT2D eigenvalue weighted by atomic mass is 127. The van der Waals surface area contributed by atoms with Gasteiger partial charge in [0.2, 0.25) is 0 Å². The van der Waals surface area contributed by atoms with Crippen molar-refractivity contribution in [1.29, 1.82) is 0 Å². The second-order valence-electron chi connectivity index (χ2n) is 4.77. The lowest BCUT2D eigenvalue weighted by molar-refractivity contribution is 0.0368. The fourth-order valence-electron chi connectivity index (χ4n) is 1.52. The van der Waals surface area contributed by atoms with E-state index < -0.39 is 6.10 Å². The zero-order valence-electron chi connectivity index (χ0n) is 12.4. The zero-order chi connectivity index (χ0) is 13.9. The standard InChI is InChI=1S/C13H27N3O3.HI/c1-3-14-13(15-6-7-18-2)16-8-12(17)10-19-9-11-4-5-11;/h11-12,17H,3-10H2,1-2H3,(H2,14,15,16);1H. The molecule has 0 aliphatic heterocycles. The molecule has 120 valence electrons. The maximum atomic E-state index is 9.76. The number of guanidine groups is 1. The van der Waals surface area contributed by atoms with E-state index in [1.807, 2.05) is 6.92 Å². The summed E-state index contributed by atoms with van der Waals surface area (Å²) < 4.78 is 10.4. The average molecular weight is 401 g/mol. The Labute approximate surface area is 138 Å². The molecule has 0 aromatic rings. The summed E-state index contributed by atoms with van der Waals surface area (Å²) in [6, 6.07) is 0. The predicted octanol–water partition coefficient (Wildman–Crippen LogP) is 0.593. The van der Waals surface area contributed by atoms with Gasteiger partial charge in [0.05, 0.1) is 25.9 Å². The fraction of sp³-hybridized carbons (Fsp3) is 0.923. The number of hydrogen-bond donors (Lipinski definition) is 3. The Balaban J connectivity index is 0.00000361. The first-order chi connectivity index (χ1) is 9.26. The van der Waals surface area contributed by atoms with Crippen LogP contribution in [0.2, 0.25) is 0 Å². The Morgan fingerprint density at radius 3 is 2.75 bits per heavy atom. The van der Waals surface area contributed by atoms with Crippen LogP contribution < -0.4 is 10.6 Å². The SMILES string of the molecule is CCNC(=NCC(O)COCC1CC1)NCCOC.I. The molecule has 0 radical (unpaired) electrons. The Hall–Kier alpha value is -0.120. The van der Waals surface area contributed by atoms with Crippen LogP contribution >= 0.6 is 24.0 Å². The van der Waals surface area contributed by atoms with E-state index in [-0.39, 0.29) is 24.0 Å². The molecule has 0 amide bonds. The van der Waals surface area contributed by atoms with E-state index >= 15 is 0 Å². The summed E-state index contributed by atoms with van der Waals surface area (Å²) in [5.41, 5.74) is 0. The quantitative estimate of drug-likeness (QED) is 0.216. The van der Waals surface area contributed by atoms with Gasteiger partial charge in [0.25, 0.3) is 0 Å². The van der Waals surface area contributed by atoms with Crippen LogP contribution in [0.15, 0.2) is 4.99 Å². The minimum Gasteiger partial charge on any atom is -0.389 e. The van der Waals surface area contributed by atoms with Crippen molar-refractivity contribution in [3.05, 3.63) is 0 Å². The topological polar surface area (TPSA) is 75.1 Å². The van der Waals surface area contributed by atoms with Gasteiger partial charge in [0.1, 0.15) is 0 Å². The molecule has 20 heavy (non-hydrogen) atoms. The van der Waals surface area contributed by atoms with Crippen molar-refractivity contribution in [2.45, 2.75) is 25.9 Å². The molecular weight excluding hydrogens is 373 g/mol. The number of methoxy groups -OCH3 is 1. The van der Waals surface area contributed by atoms with E-state index in [1.165, 1.54) is 12.8 Å². The molecule has 0 spiro atoms. The lowest BCUT2D eigenvalue weighted by atomic mass is 10.4. The second kappa shape index (κ2) is 12.6. The second-order valence-corrected chi connectivity index (χ2v) is 4.77. The van der Waals surface area contributed by atoms with Crippen LogP contribution in [0.25, 0.3) is 0 Å². The molecule has 0 aromatic carbocycles. The molecular formula is C13H28IN3O3. The van der Waals surface area contributed by atoms with E-state index in [2.05, 4.69) is 15.6 Å². The largest absolute Gasteiger partial charge is 0.389 e. The first-order valence-corrected chi connectivity index (χ1v) is 7.03. The molecule has 1 fully saturated rings. The van der Waals surface area contributed by atoms with Gasteiger partial charge in [-0.05, 0) is 25.7 Å². The van der Waals surface area contributed by atoms with Crippen molar-refractivity contribution in [2.24, 2.45) is 10.9 Å². The number of aliphatic imine (C=N–C) groups is 1. The molecule has 1 rings (SSSR count). The molecule has 0 saturated heterocycles. The summed E-state index contributed by atoms with van der Waals surface area (Å²) in [7, 11) is 1.66. The highest BCUT2D eigenvalue weighted by Gasteiger charge is 2.21. The van der Waals surface area contributed by atoms with Crippen LogP contribution in [0.1, 0.15) is 19.8 Å². The maximum absolute atomic E-state index is 9.76. The number of ether oxygens (including phenoxy) is 2. The molecule has 0 aromatic heterocycles. The number of rotatable bonds is 10. The Morgan fingerprint density at radius 1 is 1.40 bits per heavy atom. The van der Waals surface area contributed by atoms with Crippen LogP contribution in [0.4, 0.5) is 0 Å². The molecule has 1 unspecified atom stereocenters. The molecule has 0 heterocycles. The monoisotopic (exact) mass is 401 g/mol. The van der Waals surface area contributed by atoms with Crippen molar-refractivity contribution < 1.29 is 14.6 Å². The van der Waals surface area contributed by atoms with E-state index in [0.717, 1.165) is 19.1 Å². The highest BCUT2D eigenvalue weighted by molar-refractivity contribution is 14.0. The molecule has 3 N–H and O–H groups in total. The Bertz CT molecular complexity index is 263. The summed E-state index contributed by atoms with van der Waals surface area (Å²) in [5.74, 6) is 1.42. The number of nitrogens with zero attached hydrogens (tertiary/aromatic N) is 1. The van der Waals surface area contributed by atoms with Gasteiger partial charge < -0.3 is 25.2 Å². The summed E-state index contributed by atoms with van der Waals surface area (Å²) in [5, 5.41) is 16.0. The number of halogens is 1. The third kappa shape index (κ3) is 10.6. The van der Waals surface area contributed by atoms with Crippen molar-refractivity contribution in [2.75, 3.05) is 46.6 Å². The highest BCUT2D eigenvalue weighted by Crippen LogP contribution is 2.28. The molecule has 1 atom stereocenters. The number of nitrogens with one attached hydrogen (secondary N) is 2. The number of aliphatic hydroxyl groups is 1. The first kappa shape index (κ1) is 19.9. The van der Waals surface area contributed by atoms with Crippen LogP contribution in [-0.2, 0) is 9.47 Å². The van der Waals surface area contributed by atoms with Crippen molar-refractivity contribution >= 4 is 29.9 Å². The molecule has 1 aliphatic rings. The van der Waals surface area contributed by atoms with Gasteiger partial charge in [0, 0.05) is 26.8 Å². The summed E-state index contributed by atoms with van der Waals surface area (Å²) >= 11 is 0. The summed E-state index contributed by atoms with van der Waals surface area (Å²) in [4.78, 5) is 4.31. The van der Waals surface area contributed by atoms with E-state index in [1.54, 1.807) is 7.11 Å². The third-order valence-corrected chi connectivity index (χ3v) is 2.76. The van der Waals surface area contributed by atoms with Crippen LogP contribution in [0, 0.1) is 5.92 Å². The third-order valence-electron chi connectivity index (χ3n) is 2.76. The van der Waals surface area contributed by atoms with Gasteiger partial charge in [-0.3, -0.25) is 4.99 Å². The average Bonchev–Trinajstić information content (AvgIpc) is 3.20. The van der Waals surface area contributed by atoms with Crippen molar-refractivity contribution in [3.63, 3.8) is 0 Å². The molecule has 0 bridgehead atoms. The van der Waals surface area contributed by atoms with E-state index in [9.17, 15) is 5.11 Å². The van der Waals surface area contributed by atoms with Crippen LogP contribution in [0.5, 0.6) is 0 Å². The minimum absolute atomic E-state index is 0. The number of hydrogen-bond acceptors (Lipinski definition) is 4. The minimum atomic E-state index is -0.545. The predicted molar refractivity (Wildman–Crippen MR) is 90.8 cm³/mol. The molecule has 1 aliphatic carbocycles. The van der Waals surface area contributed by atoms with E-state index in [0.29, 0.717) is 32.3 Å². The van der Waals surface area contributed by atoms with Gasteiger partial charge in [-0.2, -0.15) is 0 Å². The number of aliphatic hydroxyl groups excluding tert-OH is 1. The summed E-state index contributed by atoms with van der Waals surface area (Å²) in [6.45, 7) is 5.57. The van der Waals surface area contributed by atoms with Gasteiger partial charge in [-0.1, -0.05) is 0 Å². The van der Waals surface area contributed by atoms with Crippen molar-refractivity contribution in [1.82, 2.24) is 10.6 Å². The van der Waals surface area contributed by atoms with Gasteiger partial charge in [-0.25, -0.2) is 0 Å². The van der Waals surface area contributed by atoms with Gasteiger partial charge in [0.15, 0.2) is 5.96 Å². The van der Waals surface area contributed by atoms with Crippen molar-refractivity contribution in [3.8, 4) is 0 Å². The summed E-state index contributed by atoms with van der Waals surface area (Å²) in [6.07, 6.45) is 1.99. The van der Waals surface area contributed by atoms with Crippen LogP contribution in [-0.4, -0.2) is 63.7 Å². The Kier molecular flexibility index (Phi) is 12.5. The maximum Gasteiger partial charge on any atom is 0.191 e. The smallest absolute Gasteiger partial charge is 0.191 e. The fourth-order valence-corrected chi connectivity index (χ4v) is 1.52. The lowest BCUT2D eigenvalue weighted by Gasteiger charge is -2.13. The van der Waals surface area contributed by atoms with E-state index in [4.69, 9.17) is 9.47 Å². The molecule has 1 saturated carbocycles. The molecule has 7 heteroatoms. The molecule has 6 nitrogen and oxygen atoms in total.